The Kier molecular flexibility index (Phi) is 5.15. The summed E-state index contributed by atoms with van der Waals surface area (Å²) in [6.07, 6.45) is 0. The molecule has 0 bridgehead atoms. The third-order valence-corrected chi connectivity index (χ3v) is 2.82. The van der Waals surface area contributed by atoms with E-state index in [4.69, 9.17) is 0 Å². The number of halogens is 1. The molecule has 0 amide bonds. The van der Waals surface area contributed by atoms with E-state index >= 15 is 0 Å². The van der Waals surface area contributed by atoms with Crippen LogP contribution in [0.25, 0.3) is 0 Å². The van der Waals surface area contributed by atoms with Gasteiger partial charge in [0.1, 0.15) is 5.82 Å². The van der Waals surface area contributed by atoms with Crippen molar-refractivity contribution in [3.63, 3.8) is 0 Å². The number of anilines is 1. The highest BCUT2D eigenvalue weighted by Gasteiger charge is 2.12. The lowest BCUT2D eigenvalue weighted by Gasteiger charge is -2.27. The lowest BCUT2D eigenvalue weighted by molar-refractivity contribution is 0.384. The van der Waals surface area contributed by atoms with Crippen LogP contribution in [0.3, 0.4) is 0 Å². The molecule has 1 N–H and O–H groups in total. The highest BCUT2D eigenvalue weighted by molar-refractivity contribution is 5.45. The lowest BCUT2D eigenvalue weighted by Crippen LogP contribution is -2.41. The van der Waals surface area contributed by atoms with E-state index in [0.29, 0.717) is 5.92 Å². The molecule has 0 saturated carbocycles. The summed E-state index contributed by atoms with van der Waals surface area (Å²) in [6, 6.07) is 6.73. The van der Waals surface area contributed by atoms with Gasteiger partial charge in [-0.3, -0.25) is 0 Å². The average molecular weight is 252 g/mol. The van der Waals surface area contributed by atoms with Gasteiger partial charge in [-0.05, 0) is 51.4 Å². The van der Waals surface area contributed by atoms with Crippen LogP contribution < -0.4 is 10.2 Å². The van der Waals surface area contributed by atoms with E-state index in [9.17, 15) is 4.39 Å². The minimum atomic E-state index is -0.181. The summed E-state index contributed by atoms with van der Waals surface area (Å²) in [6.45, 7) is 10.6. The Morgan fingerprint density at radius 3 is 2.56 bits per heavy atom. The van der Waals surface area contributed by atoms with Gasteiger partial charge in [0.05, 0.1) is 0 Å². The first-order valence-electron chi connectivity index (χ1n) is 6.49. The van der Waals surface area contributed by atoms with Gasteiger partial charge in [-0.2, -0.15) is 0 Å². The molecule has 0 saturated heterocycles. The van der Waals surface area contributed by atoms with Gasteiger partial charge >= 0.3 is 0 Å². The van der Waals surface area contributed by atoms with Crippen molar-refractivity contribution >= 4 is 5.69 Å². The van der Waals surface area contributed by atoms with Crippen LogP contribution in [0, 0.1) is 11.7 Å². The molecule has 1 aromatic rings. The second-order valence-electron chi connectivity index (χ2n) is 6.10. The van der Waals surface area contributed by atoms with Gasteiger partial charge in [0.15, 0.2) is 0 Å². The van der Waals surface area contributed by atoms with Gasteiger partial charge in [-0.25, -0.2) is 4.39 Å². The van der Waals surface area contributed by atoms with Gasteiger partial charge in [0.25, 0.3) is 0 Å². The fourth-order valence-electron chi connectivity index (χ4n) is 1.83. The van der Waals surface area contributed by atoms with Crippen molar-refractivity contribution in [3.8, 4) is 0 Å². The fourth-order valence-corrected chi connectivity index (χ4v) is 1.83. The number of benzene rings is 1. The topological polar surface area (TPSA) is 15.3 Å². The molecule has 18 heavy (non-hydrogen) atoms. The molecule has 0 spiro atoms. The molecule has 1 aromatic carbocycles. The molecule has 1 rings (SSSR count). The molecular weight excluding hydrogens is 227 g/mol. The molecule has 3 heteroatoms. The Bertz CT molecular complexity index is 371. The minimum Gasteiger partial charge on any atom is -0.374 e. The maximum Gasteiger partial charge on any atom is 0.125 e. The smallest absolute Gasteiger partial charge is 0.125 e. The van der Waals surface area contributed by atoms with Gasteiger partial charge < -0.3 is 10.2 Å². The normalized spacial score (nSPS) is 13.4. The molecule has 0 radical (unpaired) electrons. The minimum absolute atomic E-state index is 0.145. The van der Waals surface area contributed by atoms with Crippen LogP contribution in [0.2, 0.25) is 0 Å². The monoisotopic (exact) mass is 252 g/mol. The summed E-state index contributed by atoms with van der Waals surface area (Å²) in [4.78, 5) is 2.10. The maximum atomic E-state index is 13.1. The molecule has 0 fully saturated rings. The van der Waals surface area contributed by atoms with E-state index in [2.05, 4.69) is 37.9 Å². The third kappa shape index (κ3) is 5.50. The summed E-state index contributed by atoms with van der Waals surface area (Å²) in [7, 11) is 2.00. The SMILES string of the molecule is CC(CNC(C)(C)C)CN(C)c1cccc(F)c1. The van der Waals surface area contributed by atoms with Crippen molar-refractivity contribution in [1.29, 1.82) is 0 Å². The first kappa shape index (κ1) is 15.0. The van der Waals surface area contributed by atoms with Crippen molar-refractivity contribution in [2.45, 2.75) is 33.2 Å². The number of nitrogens with one attached hydrogen (secondary N) is 1. The molecule has 0 aliphatic heterocycles. The van der Waals surface area contributed by atoms with Gasteiger partial charge in [0, 0.05) is 24.8 Å². The zero-order valence-electron chi connectivity index (χ0n) is 12.1. The summed E-state index contributed by atoms with van der Waals surface area (Å²) in [5.74, 6) is 0.331. The zero-order valence-corrected chi connectivity index (χ0v) is 12.1. The highest BCUT2D eigenvalue weighted by Crippen LogP contribution is 2.15. The second kappa shape index (κ2) is 6.19. The Morgan fingerprint density at radius 1 is 1.33 bits per heavy atom. The van der Waals surface area contributed by atoms with Crippen LogP contribution in [0.1, 0.15) is 27.7 Å². The highest BCUT2D eigenvalue weighted by atomic mass is 19.1. The molecule has 0 aromatic heterocycles. The number of hydrogen-bond donors (Lipinski definition) is 1. The van der Waals surface area contributed by atoms with Crippen molar-refractivity contribution in [1.82, 2.24) is 5.32 Å². The number of rotatable bonds is 5. The molecule has 1 unspecified atom stereocenters. The van der Waals surface area contributed by atoms with E-state index in [0.717, 1.165) is 18.8 Å². The third-order valence-electron chi connectivity index (χ3n) is 2.82. The fraction of sp³-hybridized carbons (Fsp3) is 0.600. The Morgan fingerprint density at radius 2 is 2.00 bits per heavy atom. The van der Waals surface area contributed by atoms with Gasteiger partial charge in [-0.15, -0.1) is 0 Å². The van der Waals surface area contributed by atoms with Crippen LogP contribution in [0.15, 0.2) is 24.3 Å². The predicted octanol–water partition coefficient (Wildman–Crippen LogP) is 3.29. The predicted molar refractivity (Wildman–Crippen MR) is 76.6 cm³/mol. The van der Waals surface area contributed by atoms with Crippen molar-refractivity contribution in [2.24, 2.45) is 5.92 Å². The van der Waals surface area contributed by atoms with Gasteiger partial charge in [0.2, 0.25) is 0 Å². The zero-order chi connectivity index (χ0) is 13.8. The number of hydrogen-bond acceptors (Lipinski definition) is 2. The van der Waals surface area contributed by atoms with Crippen molar-refractivity contribution in [3.05, 3.63) is 30.1 Å². The lowest BCUT2D eigenvalue weighted by atomic mass is 10.1. The summed E-state index contributed by atoms with van der Waals surface area (Å²) < 4.78 is 13.1. The molecule has 0 aliphatic rings. The summed E-state index contributed by atoms with van der Waals surface area (Å²) >= 11 is 0. The van der Waals surface area contributed by atoms with Crippen molar-refractivity contribution < 1.29 is 4.39 Å². The van der Waals surface area contributed by atoms with E-state index in [1.54, 1.807) is 12.1 Å². The van der Waals surface area contributed by atoms with Crippen LogP contribution in [-0.4, -0.2) is 25.7 Å². The molecule has 102 valence electrons. The van der Waals surface area contributed by atoms with Crippen LogP contribution in [-0.2, 0) is 0 Å². The van der Waals surface area contributed by atoms with E-state index in [1.165, 1.54) is 6.07 Å². The van der Waals surface area contributed by atoms with E-state index < -0.39 is 0 Å². The second-order valence-corrected chi connectivity index (χ2v) is 6.10. The summed E-state index contributed by atoms with van der Waals surface area (Å²) in [5.41, 5.74) is 1.07. The van der Waals surface area contributed by atoms with Crippen LogP contribution in [0.5, 0.6) is 0 Å². The van der Waals surface area contributed by atoms with Crippen LogP contribution in [0.4, 0.5) is 10.1 Å². The molecule has 0 heterocycles. The molecule has 2 nitrogen and oxygen atoms in total. The average Bonchev–Trinajstić information content (AvgIpc) is 2.25. The molecular formula is C15H25FN2. The quantitative estimate of drug-likeness (QED) is 0.865. The standard InChI is InChI=1S/C15H25FN2/c1-12(10-17-15(2,3)4)11-18(5)14-8-6-7-13(16)9-14/h6-9,12,17H,10-11H2,1-5H3. The first-order valence-corrected chi connectivity index (χ1v) is 6.49. The van der Waals surface area contributed by atoms with Crippen molar-refractivity contribution in [2.75, 3.05) is 25.0 Å². The maximum absolute atomic E-state index is 13.1. The number of nitrogens with zero attached hydrogens (tertiary/aromatic N) is 1. The Hall–Kier alpha value is -1.09. The van der Waals surface area contributed by atoms with E-state index in [1.807, 2.05) is 13.1 Å². The van der Waals surface area contributed by atoms with Gasteiger partial charge in [-0.1, -0.05) is 13.0 Å². The summed E-state index contributed by atoms with van der Waals surface area (Å²) in [5, 5.41) is 3.49. The van der Waals surface area contributed by atoms with E-state index in [-0.39, 0.29) is 11.4 Å². The Labute approximate surface area is 110 Å². The first-order chi connectivity index (χ1) is 8.28. The Balaban J connectivity index is 2.47. The molecule has 0 aliphatic carbocycles. The largest absolute Gasteiger partial charge is 0.374 e. The van der Waals surface area contributed by atoms with Crippen LogP contribution >= 0.6 is 0 Å². The molecule has 1 atom stereocenters.